The standard InChI is InChI=1S/C17H14Cl2N2/c18-14-7-8-15(16(19)10-14)17(21-20)13-6-5-11-3-1-2-4-12(11)9-13/h1-10,17,21H,20H2. The fourth-order valence-electron chi connectivity index (χ4n) is 2.49. The van der Waals surface area contributed by atoms with E-state index in [1.165, 1.54) is 10.8 Å². The molecule has 0 saturated carbocycles. The molecule has 1 unspecified atom stereocenters. The molecule has 21 heavy (non-hydrogen) atoms. The Labute approximate surface area is 133 Å². The van der Waals surface area contributed by atoms with Gasteiger partial charge in [0, 0.05) is 10.0 Å². The van der Waals surface area contributed by atoms with E-state index in [4.69, 9.17) is 29.0 Å². The highest BCUT2D eigenvalue weighted by Crippen LogP contribution is 2.31. The third-order valence-electron chi connectivity index (χ3n) is 3.55. The normalized spacial score (nSPS) is 12.5. The van der Waals surface area contributed by atoms with E-state index >= 15 is 0 Å². The summed E-state index contributed by atoms with van der Waals surface area (Å²) in [7, 11) is 0. The Bertz CT molecular complexity index is 787. The molecular formula is C17H14Cl2N2. The summed E-state index contributed by atoms with van der Waals surface area (Å²) in [4.78, 5) is 0. The molecule has 4 heteroatoms. The first-order chi connectivity index (χ1) is 10.2. The second kappa shape index (κ2) is 6.04. The maximum Gasteiger partial charge on any atom is 0.0724 e. The molecule has 0 saturated heterocycles. The van der Waals surface area contributed by atoms with Crippen LogP contribution in [0.1, 0.15) is 17.2 Å². The molecule has 2 nitrogen and oxygen atoms in total. The Hall–Kier alpha value is -1.58. The molecule has 0 radical (unpaired) electrons. The molecule has 0 aliphatic carbocycles. The van der Waals surface area contributed by atoms with Crippen molar-refractivity contribution in [1.29, 1.82) is 0 Å². The fraction of sp³-hybridized carbons (Fsp3) is 0.0588. The molecule has 0 amide bonds. The maximum atomic E-state index is 6.29. The number of fused-ring (bicyclic) bond motifs is 1. The minimum Gasteiger partial charge on any atom is -0.271 e. The van der Waals surface area contributed by atoms with Gasteiger partial charge in [-0.2, -0.15) is 0 Å². The van der Waals surface area contributed by atoms with E-state index in [0.29, 0.717) is 10.0 Å². The van der Waals surface area contributed by atoms with Gasteiger partial charge in [-0.05, 0) is 40.1 Å². The molecule has 0 aromatic heterocycles. The van der Waals surface area contributed by atoms with E-state index < -0.39 is 0 Å². The van der Waals surface area contributed by atoms with Gasteiger partial charge in [0.2, 0.25) is 0 Å². The quantitative estimate of drug-likeness (QED) is 0.543. The van der Waals surface area contributed by atoms with Crippen LogP contribution in [0.4, 0.5) is 0 Å². The highest BCUT2D eigenvalue weighted by atomic mass is 35.5. The molecule has 3 aromatic carbocycles. The van der Waals surface area contributed by atoms with Crippen molar-refractivity contribution in [2.24, 2.45) is 5.84 Å². The third-order valence-corrected chi connectivity index (χ3v) is 4.11. The van der Waals surface area contributed by atoms with Crippen molar-refractivity contribution < 1.29 is 0 Å². The Morgan fingerprint density at radius 1 is 0.857 bits per heavy atom. The highest BCUT2D eigenvalue weighted by Gasteiger charge is 2.16. The summed E-state index contributed by atoms with van der Waals surface area (Å²) in [6.45, 7) is 0. The molecule has 0 heterocycles. The number of hydrogen-bond donors (Lipinski definition) is 2. The van der Waals surface area contributed by atoms with Gasteiger partial charge in [-0.15, -0.1) is 0 Å². The molecule has 1 atom stereocenters. The van der Waals surface area contributed by atoms with Gasteiger partial charge in [-0.25, -0.2) is 5.43 Å². The lowest BCUT2D eigenvalue weighted by Gasteiger charge is -2.19. The van der Waals surface area contributed by atoms with E-state index in [-0.39, 0.29) is 6.04 Å². The fourth-order valence-corrected chi connectivity index (χ4v) is 3.01. The van der Waals surface area contributed by atoms with Crippen molar-refractivity contribution in [3.8, 4) is 0 Å². The summed E-state index contributed by atoms with van der Waals surface area (Å²) < 4.78 is 0. The van der Waals surface area contributed by atoms with E-state index in [2.05, 4.69) is 35.8 Å². The average Bonchev–Trinajstić information content (AvgIpc) is 2.50. The molecule has 0 bridgehead atoms. The number of nitrogens with two attached hydrogens (primary N) is 1. The molecule has 3 aromatic rings. The summed E-state index contributed by atoms with van der Waals surface area (Å²) in [5.41, 5.74) is 4.79. The number of hydrazine groups is 1. The number of rotatable bonds is 3. The van der Waals surface area contributed by atoms with Gasteiger partial charge in [-0.3, -0.25) is 5.84 Å². The lowest BCUT2D eigenvalue weighted by atomic mass is 9.96. The molecule has 0 aliphatic rings. The van der Waals surface area contributed by atoms with Crippen LogP contribution in [0, 0.1) is 0 Å². The van der Waals surface area contributed by atoms with Crippen molar-refractivity contribution in [2.45, 2.75) is 6.04 Å². The number of halogens is 2. The van der Waals surface area contributed by atoms with Crippen LogP contribution in [0.2, 0.25) is 10.0 Å². The van der Waals surface area contributed by atoms with Gasteiger partial charge in [0.05, 0.1) is 6.04 Å². The maximum absolute atomic E-state index is 6.29. The summed E-state index contributed by atoms with van der Waals surface area (Å²) in [6.07, 6.45) is 0. The molecule has 3 rings (SSSR count). The topological polar surface area (TPSA) is 38.0 Å². The molecule has 3 N–H and O–H groups in total. The lowest BCUT2D eigenvalue weighted by Crippen LogP contribution is -2.29. The Kier molecular flexibility index (Phi) is 4.13. The van der Waals surface area contributed by atoms with E-state index in [0.717, 1.165) is 11.1 Å². The number of benzene rings is 3. The molecule has 106 valence electrons. The number of hydrogen-bond acceptors (Lipinski definition) is 2. The van der Waals surface area contributed by atoms with E-state index in [1.807, 2.05) is 24.3 Å². The largest absolute Gasteiger partial charge is 0.271 e. The molecular weight excluding hydrogens is 303 g/mol. The Balaban J connectivity index is 2.09. The first kappa shape index (κ1) is 14.4. The zero-order valence-corrected chi connectivity index (χ0v) is 12.7. The second-order valence-electron chi connectivity index (χ2n) is 4.87. The molecule has 0 aliphatic heterocycles. The van der Waals surface area contributed by atoms with Gasteiger partial charge in [0.1, 0.15) is 0 Å². The van der Waals surface area contributed by atoms with Crippen LogP contribution in [0.25, 0.3) is 10.8 Å². The average molecular weight is 317 g/mol. The summed E-state index contributed by atoms with van der Waals surface area (Å²) in [5.74, 6) is 5.75. The van der Waals surface area contributed by atoms with Crippen LogP contribution < -0.4 is 11.3 Å². The summed E-state index contributed by atoms with van der Waals surface area (Å²) in [5, 5.41) is 3.57. The van der Waals surface area contributed by atoms with E-state index in [1.54, 1.807) is 6.07 Å². The smallest absolute Gasteiger partial charge is 0.0724 e. The summed E-state index contributed by atoms with van der Waals surface area (Å²) >= 11 is 12.2. The minimum atomic E-state index is -0.181. The van der Waals surface area contributed by atoms with Crippen LogP contribution >= 0.6 is 23.2 Å². The van der Waals surface area contributed by atoms with Crippen LogP contribution in [-0.4, -0.2) is 0 Å². The Morgan fingerprint density at radius 3 is 2.33 bits per heavy atom. The second-order valence-corrected chi connectivity index (χ2v) is 5.72. The van der Waals surface area contributed by atoms with Crippen molar-refractivity contribution >= 4 is 34.0 Å². The monoisotopic (exact) mass is 316 g/mol. The minimum absolute atomic E-state index is 0.181. The predicted molar refractivity (Wildman–Crippen MR) is 89.6 cm³/mol. The lowest BCUT2D eigenvalue weighted by molar-refractivity contribution is 0.638. The first-order valence-electron chi connectivity index (χ1n) is 6.59. The first-order valence-corrected chi connectivity index (χ1v) is 7.34. The SMILES string of the molecule is NNC(c1ccc2ccccc2c1)c1ccc(Cl)cc1Cl. The van der Waals surface area contributed by atoms with Crippen LogP contribution in [0.5, 0.6) is 0 Å². The highest BCUT2D eigenvalue weighted by molar-refractivity contribution is 6.35. The van der Waals surface area contributed by atoms with Crippen molar-refractivity contribution in [3.05, 3.63) is 81.8 Å². The van der Waals surface area contributed by atoms with Gasteiger partial charge in [0.25, 0.3) is 0 Å². The predicted octanol–water partition coefficient (Wildman–Crippen LogP) is 4.70. The van der Waals surface area contributed by atoms with Gasteiger partial charge in [-0.1, -0.05) is 65.7 Å². The van der Waals surface area contributed by atoms with Gasteiger partial charge in [0.15, 0.2) is 0 Å². The third kappa shape index (κ3) is 2.89. The van der Waals surface area contributed by atoms with Crippen molar-refractivity contribution in [2.75, 3.05) is 0 Å². The van der Waals surface area contributed by atoms with Crippen molar-refractivity contribution in [1.82, 2.24) is 5.43 Å². The van der Waals surface area contributed by atoms with Crippen LogP contribution in [0.3, 0.4) is 0 Å². The Morgan fingerprint density at radius 2 is 1.62 bits per heavy atom. The molecule has 0 fully saturated rings. The van der Waals surface area contributed by atoms with Crippen molar-refractivity contribution in [3.63, 3.8) is 0 Å². The number of nitrogens with one attached hydrogen (secondary N) is 1. The van der Waals surface area contributed by atoms with Gasteiger partial charge < -0.3 is 0 Å². The summed E-state index contributed by atoms with van der Waals surface area (Å²) in [6, 6.07) is 19.7. The van der Waals surface area contributed by atoms with Crippen LogP contribution in [-0.2, 0) is 0 Å². The zero-order chi connectivity index (χ0) is 14.8. The molecule has 0 spiro atoms. The van der Waals surface area contributed by atoms with Crippen LogP contribution in [0.15, 0.2) is 60.7 Å². The zero-order valence-electron chi connectivity index (χ0n) is 11.2. The van der Waals surface area contributed by atoms with E-state index in [9.17, 15) is 0 Å². The van der Waals surface area contributed by atoms with Gasteiger partial charge >= 0.3 is 0 Å².